The van der Waals surface area contributed by atoms with Crippen LogP contribution in [0.1, 0.15) is 32.1 Å². The molecule has 0 aliphatic heterocycles. The van der Waals surface area contributed by atoms with Crippen LogP contribution in [0, 0.1) is 23.4 Å². The van der Waals surface area contributed by atoms with E-state index in [4.69, 9.17) is 0 Å². The fraction of sp³-hybridized carbons (Fsp3) is 0.333. The first-order valence-corrected chi connectivity index (χ1v) is 8.22. The molecule has 1 saturated carbocycles. The molecule has 132 valence electrons. The van der Waals surface area contributed by atoms with Gasteiger partial charge in [-0.3, -0.25) is 4.79 Å². The van der Waals surface area contributed by atoms with Crippen LogP contribution >= 0.6 is 0 Å². The molecule has 1 aromatic heterocycles. The Kier molecular flexibility index (Phi) is 5.21. The number of aromatic nitrogens is 1. The summed E-state index contributed by atoms with van der Waals surface area (Å²) < 4.78 is 39.8. The van der Waals surface area contributed by atoms with Gasteiger partial charge in [-0.15, -0.1) is 0 Å². The van der Waals surface area contributed by atoms with Crippen LogP contribution in [0.2, 0.25) is 0 Å². The number of nitrogens with one attached hydrogen (secondary N) is 2. The van der Waals surface area contributed by atoms with Gasteiger partial charge >= 0.3 is 0 Å². The highest BCUT2D eigenvalue weighted by molar-refractivity contribution is 5.91. The number of carbonyl (C=O) groups is 1. The molecule has 3 rings (SSSR count). The average Bonchev–Trinajstić information content (AvgIpc) is 2.64. The van der Waals surface area contributed by atoms with Crippen LogP contribution in [0.4, 0.5) is 30.4 Å². The van der Waals surface area contributed by atoms with Gasteiger partial charge in [0.2, 0.25) is 5.91 Å². The summed E-state index contributed by atoms with van der Waals surface area (Å²) in [5, 5.41) is 5.40. The van der Waals surface area contributed by atoms with E-state index in [-0.39, 0.29) is 17.5 Å². The maximum absolute atomic E-state index is 13.7. The number of amides is 1. The normalized spacial score (nSPS) is 15.0. The van der Waals surface area contributed by atoms with E-state index in [2.05, 4.69) is 15.6 Å². The highest BCUT2D eigenvalue weighted by atomic mass is 19.2. The van der Waals surface area contributed by atoms with E-state index in [0.29, 0.717) is 11.5 Å². The first kappa shape index (κ1) is 17.3. The third-order valence-electron chi connectivity index (χ3n) is 4.30. The van der Waals surface area contributed by atoms with E-state index in [0.717, 1.165) is 37.8 Å². The monoisotopic (exact) mass is 349 g/mol. The Hall–Kier alpha value is -2.57. The van der Waals surface area contributed by atoms with Crippen LogP contribution in [-0.4, -0.2) is 10.9 Å². The van der Waals surface area contributed by atoms with Gasteiger partial charge in [0.15, 0.2) is 17.5 Å². The molecule has 25 heavy (non-hydrogen) atoms. The van der Waals surface area contributed by atoms with E-state index in [1.165, 1.54) is 12.6 Å². The Balaban J connectivity index is 1.64. The van der Waals surface area contributed by atoms with Gasteiger partial charge in [0.25, 0.3) is 0 Å². The van der Waals surface area contributed by atoms with E-state index in [9.17, 15) is 18.0 Å². The van der Waals surface area contributed by atoms with Crippen LogP contribution in [0.5, 0.6) is 0 Å². The van der Waals surface area contributed by atoms with E-state index < -0.39 is 17.5 Å². The molecule has 1 aromatic carbocycles. The summed E-state index contributed by atoms with van der Waals surface area (Å²) in [5.74, 6) is -3.71. The molecule has 0 unspecified atom stereocenters. The van der Waals surface area contributed by atoms with Crippen molar-refractivity contribution in [3.63, 3.8) is 0 Å². The summed E-state index contributed by atoms with van der Waals surface area (Å²) in [6.45, 7) is 0. The summed E-state index contributed by atoms with van der Waals surface area (Å²) in [6.07, 6.45) is 6.46. The lowest BCUT2D eigenvalue weighted by molar-refractivity contribution is -0.120. The van der Waals surface area contributed by atoms with Gasteiger partial charge in [0.1, 0.15) is 5.82 Å². The highest BCUT2D eigenvalue weighted by Crippen LogP contribution is 2.26. The molecule has 7 heteroatoms. The predicted octanol–water partition coefficient (Wildman–Crippen LogP) is 4.76. The minimum atomic E-state index is -1.53. The number of benzene rings is 1. The van der Waals surface area contributed by atoms with Gasteiger partial charge < -0.3 is 10.6 Å². The number of hydrogen-bond acceptors (Lipinski definition) is 3. The number of carbonyl (C=O) groups excluding carboxylic acids is 1. The summed E-state index contributed by atoms with van der Waals surface area (Å²) >= 11 is 0. The molecule has 0 bridgehead atoms. The molecular formula is C18H18F3N3O. The number of nitrogens with zero attached hydrogens (tertiary/aromatic N) is 1. The molecule has 1 amide bonds. The van der Waals surface area contributed by atoms with Gasteiger partial charge in [-0.25, -0.2) is 18.2 Å². The largest absolute Gasteiger partial charge is 0.352 e. The second-order valence-electron chi connectivity index (χ2n) is 6.10. The summed E-state index contributed by atoms with van der Waals surface area (Å²) in [5.41, 5.74) is 0.195. The highest BCUT2D eigenvalue weighted by Gasteiger charge is 2.21. The SMILES string of the molecule is O=C(Nc1ccc(Nc2ccc(F)c(F)c2F)cn1)C1CCCCC1. The van der Waals surface area contributed by atoms with Gasteiger partial charge in [0.05, 0.1) is 17.6 Å². The van der Waals surface area contributed by atoms with Crippen molar-refractivity contribution < 1.29 is 18.0 Å². The van der Waals surface area contributed by atoms with Crippen LogP contribution in [0.15, 0.2) is 30.5 Å². The predicted molar refractivity (Wildman–Crippen MR) is 89.0 cm³/mol. The van der Waals surface area contributed by atoms with E-state index >= 15 is 0 Å². The van der Waals surface area contributed by atoms with Crippen molar-refractivity contribution in [1.29, 1.82) is 0 Å². The second kappa shape index (κ2) is 7.55. The number of rotatable bonds is 4. The molecular weight excluding hydrogens is 331 g/mol. The molecule has 0 saturated heterocycles. The molecule has 2 aromatic rings. The standard InChI is InChI=1S/C18H18F3N3O/c19-13-7-8-14(17(21)16(13)20)23-12-6-9-15(22-10-12)24-18(25)11-4-2-1-3-5-11/h6-11,23H,1-5H2,(H,22,24,25). The Morgan fingerprint density at radius 3 is 2.44 bits per heavy atom. The second-order valence-corrected chi connectivity index (χ2v) is 6.10. The third kappa shape index (κ3) is 4.10. The zero-order valence-corrected chi connectivity index (χ0v) is 13.5. The first-order chi connectivity index (χ1) is 12.0. The zero-order chi connectivity index (χ0) is 17.8. The minimum absolute atomic E-state index is 0.0182. The Morgan fingerprint density at radius 1 is 1.00 bits per heavy atom. The van der Waals surface area contributed by atoms with Crippen LogP contribution in [0.3, 0.4) is 0 Å². The van der Waals surface area contributed by atoms with Gasteiger partial charge in [-0.05, 0) is 37.1 Å². The van der Waals surface area contributed by atoms with Crippen molar-refractivity contribution in [3.8, 4) is 0 Å². The van der Waals surface area contributed by atoms with Crippen LogP contribution in [-0.2, 0) is 4.79 Å². The molecule has 1 aliphatic carbocycles. The van der Waals surface area contributed by atoms with Crippen molar-refractivity contribution in [1.82, 2.24) is 4.98 Å². The maximum atomic E-state index is 13.7. The third-order valence-corrected chi connectivity index (χ3v) is 4.30. The van der Waals surface area contributed by atoms with Crippen LogP contribution < -0.4 is 10.6 Å². The number of pyridine rings is 1. The van der Waals surface area contributed by atoms with Crippen molar-refractivity contribution >= 4 is 23.1 Å². The van der Waals surface area contributed by atoms with Gasteiger partial charge in [-0.2, -0.15) is 0 Å². The molecule has 0 spiro atoms. The molecule has 4 nitrogen and oxygen atoms in total. The van der Waals surface area contributed by atoms with E-state index in [1.807, 2.05) is 0 Å². The Bertz CT molecular complexity index is 759. The number of hydrogen-bond donors (Lipinski definition) is 2. The van der Waals surface area contributed by atoms with Gasteiger partial charge in [-0.1, -0.05) is 19.3 Å². The van der Waals surface area contributed by atoms with Crippen molar-refractivity contribution in [3.05, 3.63) is 47.9 Å². The molecule has 1 heterocycles. The lowest BCUT2D eigenvalue weighted by Gasteiger charge is -2.20. The smallest absolute Gasteiger partial charge is 0.228 e. The fourth-order valence-corrected chi connectivity index (χ4v) is 2.91. The molecule has 0 radical (unpaired) electrons. The summed E-state index contributed by atoms with van der Waals surface area (Å²) in [7, 11) is 0. The topological polar surface area (TPSA) is 54.0 Å². The minimum Gasteiger partial charge on any atom is -0.352 e. The molecule has 0 atom stereocenters. The summed E-state index contributed by atoms with van der Waals surface area (Å²) in [4.78, 5) is 16.3. The van der Waals surface area contributed by atoms with E-state index in [1.54, 1.807) is 12.1 Å². The van der Waals surface area contributed by atoms with Crippen LogP contribution in [0.25, 0.3) is 0 Å². The van der Waals surface area contributed by atoms with Crippen molar-refractivity contribution in [2.75, 3.05) is 10.6 Å². The Morgan fingerprint density at radius 2 is 1.76 bits per heavy atom. The lowest BCUT2D eigenvalue weighted by atomic mass is 9.89. The maximum Gasteiger partial charge on any atom is 0.228 e. The van der Waals surface area contributed by atoms with Crippen molar-refractivity contribution in [2.24, 2.45) is 5.92 Å². The number of anilines is 3. The van der Waals surface area contributed by atoms with Crippen molar-refractivity contribution in [2.45, 2.75) is 32.1 Å². The lowest BCUT2D eigenvalue weighted by Crippen LogP contribution is -2.25. The fourth-order valence-electron chi connectivity index (χ4n) is 2.91. The summed E-state index contributed by atoms with van der Waals surface area (Å²) in [6, 6.07) is 5.09. The molecule has 1 fully saturated rings. The molecule has 1 aliphatic rings. The molecule has 2 N–H and O–H groups in total. The number of halogens is 3. The quantitative estimate of drug-likeness (QED) is 0.783. The first-order valence-electron chi connectivity index (χ1n) is 8.22. The zero-order valence-electron chi connectivity index (χ0n) is 13.5. The Labute approximate surface area is 143 Å². The van der Waals surface area contributed by atoms with Gasteiger partial charge in [0, 0.05) is 5.92 Å². The average molecular weight is 349 g/mol.